The average Bonchev–Trinajstić information content (AvgIpc) is 2.60. The van der Waals surface area contributed by atoms with Gasteiger partial charge in [-0.3, -0.25) is 9.69 Å². The molecule has 2 heterocycles. The van der Waals surface area contributed by atoms with E-state index in [2.05, 4.69) is 4.98 Å². The summed E-state index contributed by atoms with van der Waals surface area (Å²) in [5.74, 6) is -0.258. The Morgan fingerprint density at radius 3 is 2.67 bits per heavy atom. The predicted octanol–water partition coefficient (Wildman–Crippen LogP) is 1.80. The molecule has 2 N–H and O–H groups in total. The summed E-state index contributed by atoms with van der Waals surface area (Å²) in [6.07, 6.45) is -0.837. The minimum absolute atomic E-state index is 0.124. The van der Waals surface area contributed by atoms with Gasteiger partial charge in [0.15, 0.2) is 5.75 Å². The second kappa shape index (κ2) is 6.25. The van der Waals surface area contributed by atoms with E-state index in [9.17, 15) is 14.9 Å². The van der Waals surface area contributed by atoms with Crippen LogP contribution < -0.4 is 15.4 Å². The van der Waals surface area contributed by atoms with Crippen molar-refractivity contribution in [1.29, 1.82) is 0 Å². The third-order valence-electron chi connectivity index (χ3n) is 3.83. The van der Waals surface area contributed by atoms with E-state index in [1.807, 2.05) is 18.2 Å². The highest BCUT2D eigenvalue weighted by Gasteiger charge is 2.41. The lowest BCUT2D eigenvalue weighted by Crippen LogP contribution is -2.49. The molecule has 1 amide bonds. The molecule has 0 fully saturated rings. The number of hydrogen-bond donors (Lipinski definition) is 1. The third-order valence-corrected chi connectivity index (χ3v) is 3.83. The molecule has 1 aliphatic heterocycles. The van der Waals surface area contributed by atoms with E-state index in [-0.39, 0.29) is 30.1 Å². The van der Waals surface area contributed by atoms with E-state index in [0.717, 1.165) is 0 Å². The van der Waals surface area contributed by atoms with E-state index >= 15 is 0 Å². The Balaban J connectivity index is 2.10. The first kappa shape index (κ1) is 15.9. The van der Waals surface area contributed by atoms with Crippen LogP contribution in [-0.4, -0.2) is 28.4 Å². The summed E-state index contributed by atoms with van der Waals surface area (Å²) in [6.45, 7) is 1.95. The van der Waals surface area contributed by atoms with Crippen LogP contribution in [0.5, 0.6) is 5.75 Å². The lowest BCUT2D eigenvalue weighted by atomic mass is 10.1. The Morgan fingerprint density at radius 1 is 1.33 bits per heavy atom. The fourth-order valence-electron chi connectivity index (χ4n) is 2.57. The Morgan fingerprint density at radius 2 is 2.04 bits per heavy atom. The van der Waals surface area contributed by atoms with E-state index < -0.39 is 11.0 Å². The van der Waals surface area contributed by atoms with Crippen LogP contribution in [0.25, 0.3) is 0 Å². The molecule has 0 radical (unpaired) electrons. The standard InChI is InChI=1S/C16H16N4O4/c1-10(9-17)19-15-12(7-8-13(18-15)20(22)23)24-14(16(19)21)11-5-3-2-4-6-11/h2-8,10,14H,9,17H2,1H3. The van der Waals surface area contributed by atoms with E-state index in [1.165, 1.54) is 17.0 Å². The largest absolute Gasteiger partial charge is 0.469 e. The summed E-state index contributed by atoms with van der Waals surface area (Å²) in [4.78, 5) is 28.6. The molecule has 124 valence electrons. The van der Waals surface area contributed by atoms with Gasteiger partial charge in [0.25, 0.3) is 11.7 Å². The number of carbonyl (C=O) groups excluding carboxylic acids is 1. The molecule has 1 aromatic heterocycles. The molecule has 2 atom stereocenters. The number of rotatable bonds is 4. The van der Waals surface area contributed by atoms with Crippen LogP contribution >= 0.6 is 0 Å². The van der Waals surface area contributed by atoms with Crippen molar-refractivity contribution < 1.29 is 14.5 Å². The number of nitrogens with two attached hydrogens (primary N) is 1. The van der Waals surface area contributed by atoms with Gasteiger partial charge in [0, 0.05) is 18.2 Å². The van der Waals surface area contributed by atoms with Crippen molar-refractivity contribution in [3.63, 3.8) is 0 Å². The lowest BCUT2D eigenvalue weighted by molar-refractivity contribution is -0.389. The average molecular weight is 328 g/mol. The van der Waals surface area contributed by atoms with Crippen LogP contribution in [-0.2, 0) is 4.79 Å². The number of fused-ring (bicyclic) bond motifs is 1. The summed E-state index contributed by atoms with van der Waals surface area (Å²) in [6, 6.07) is 11.4. The summed E-state index contributed by atoms with van der Waals surface area (Å²) in [5, 5.41) is 11.0. The molecule has 0 saturated carbocycles. The quantitative estimate of drug-likeness (QED) is 0.676. The topological polar surface area (TPSA) is 112 Å². The van der Waals surface area contributed by atoms with E-state index in [0.29, 0.717) is 11.3 Å². The van der Waals surface area contributed by atoms with Crippen molar-refractivity contribution in [3.8, 4) is 5.75 Å². The summed E-state index contributed by atoms with van der Waals surface area (Å²) < 4.78 is 5.77. The summed E-state index contributed by atoms with van der Waals surface area (Å²) in [5.41, 5.74) is 6.40. The zero-order valence-corrected chi connectivity index (χ0v) is 13.0. The molecule has 2 aromatic rings. The minimum atomic E-state index is -0.837. The van der Waals surface area contributed by atoms with Crippen molar-refractivity contribution >= 4 is 17.5 Å². The number of aromatic nitrogens is 1. The highest BCUT2D eigenvalue weighted by atomic mass is 16.6. The van der Waals surface area contributed by atoms with Gasteiger partial charge in [-0.15, -0.1) is 0 Å². The molecule has 0 aliphatic carbocycles. The molecule has 0 spiro atoms. The first-order valence-electron chi connectivity index (χ1n) is 7.43. The molecule has 3 rings (SSSR count). The monoisotopic (exact) mass is 328 g/mol. The number of anilines is 1. The van der Waals surface area contributed by atoms with Crippen LogP contribution in [0.4, 0.5) is 11.6 Å². The van der Waals surface area contributed by atoms with Crippen molar-refractivity contribution in [2.75, 3.05) is 11.4 Å². The maximum atomic E-state index is 12.9. The smallest absolute Gasteiger partial charge is 0.366 e. The van der Waals surface area contributed by atoms with Gasteiger partial charge in [-0.05, 0) is 22.9 Å². The Bertz CT molecular complexity index is 781. The Hall–Kier alpha value is -3.00. The van der Waals surface area contributed by atoms with Crippen LogP contribution in [0, 0.1) is 10.1 Å². The highest BCUT2D eigenvalue weighted by Crippen LogP contribution is 2.39. The van der Waals surface area contributed by atoms with Gasteiger partial charge in [0.1, 0.15) is 0 Å². The number of pyridine rings is 1. The van der Waals surface area contributed by atoms with Gasteiger partial charge in [0.2, 0.25) is 6.10 Å². The summed E-state index contributed by atoms with van der Waals surface area (Å²) in [7, 11) is 0. The van der Waals surface area contributed by atoms with Gasteiger partial charge in [-0.2, -0.15) is 0 Å². The molecule has 1 aliphatic rings. The molecule has 2 unspecified atom stereocenters. The highest BCUT2D eigenvalue weighted by molar-refractivity contribution is 6.00. The molecule has 0 saturated heterocycles. The van der Waals surface area contributed by atoms with Gasteiger partial charge < -0.3 is 20.6 Å². The number of nitro groups is 1. The Labute approximate surface area is 138 Å². The number of ether oxygens (including phenoxy) is 1. The normalized spacial score (nSPS) is 17.8. The van der Waals surface area contributed by atoms with Crippen LogP contribution in [0.15, 0.2) is 42.5 Å². The Kier molecular flexibility index (Phi) is 4.13. The van der Waals surface area contributed by atoms with Crippen molar-refractivity contribution in [2.24, 2.45) is 5.73 Å². The maximum absolute atomic E-state index is 12.9. The first-order chi connectivity index (χ1) is 11.5. The molecule has 1 aromatic carbocycles. The second-order valence-electron chi connectivity index (χ2n) is 5.45. The number of amides is 1. The molecular formula is C16H16N4O4. The fraction of sp³-hybridized carbons (Fsp3) is 0.250. The van der Waals surface area contributed by atoms with Crippen LogP contribution in [0.2, 0.25) is 0 Å². The number of nitrogens with zero attached hydrogens (tertiary/aromatic N) is 3. The number of carbonyl (C=O) groups is 1. The zero-order valence-electron chi connectivity index (χ0n) is 13.0. The molecule has 0 bridgehead atoms. The van der Waals surface area contributed by atoms with Gasteiger partial charge in [-0.25, -0.2) is 0 Å². The molecule has 8 heteroatoms. The predicted molar refractivity (Wildman–Crippen MR) is 86.7 cm³/mol. The molecule has 24 heavy (non-hydrogen) atoms. The van der Waals surface area contributed by atoms with Crippen LogP contribution in [0.3, 0.4) is 0 Å². The van der Waals surface area contributed by atoms with Crippen molar-refractivity contribution in [1.82, 2.24) is 4.98 Å². The van der Waals surface area contributed by atoms with Gasteiger partial charge >= 0.3 is 5.82 Å². The SMILES string of the molecule is CC(CN)N1C(=O)C(c2ccccc2)Oc2ccc([N+](=O)[O-])nc21. The lowest BCUT2D eigenvalue weighted by Gasteiger charge is -2.34. The summed E-state index contributed by atoms with van der Waals surface area (Å²) >= 11 is 0. The minimum Gasteiger partial charge on any atom is -0.469 e. The molecule has 8 nitrogen and oxygen atoms in total. The zero-order chi connectivity index (χ0) is 17.3. The van der Waals surface area contributed by atoms with Crippen molar-refractivity contribution in [2.45, 2.75) is 19.1 Å². The maximum Gasteiger partial charge on any atom is 0.366 e. The van der Waals surface area contributed by atoms with Crippen molar-refractivity contribution in [3.05, 3.63) is 58.1 Å². The van der Waals surface area contributed by atoms with Gasteiger partial charge in [-0.1, -0.05) is 30.3 Å². The molecular weight excluding hydrogens is 312 g/mol. The van der Waals surface area contributed by atoms with E-state index in [4.69, 9.17) is 10.5 Å². The first-order valence-corrected chi connectivity index (χ1v) is 7.43. The fourth-order valence-corrected chi connectivity index (χ4v) is 2.57. The van der Waals surface area contributed by atoms with E-state index in [1.54, 1.807) is 19.1 Å². The van der Waals surface area contributed by atoms with Gasteiger partial charge in [0.05, 0.1) is 6.04 Å². The second-order valence-corrected chi connectivity index (χ2v) is 5.45. The number of hydrogen-bond acceptors (Lipinski definition) is 6. The third kappa shape index (κ3) is 2.67. The van der Waals surface area contributed by atoms with Crippen LogP contribution in [0.1, 0.15) is 18.6 Å². The number of benzene rings is 1.